The molecule has 0 radical (unpaired) electrons. The van der Waals surface area contributed by atoms with Crippen molar-refractivity contribution in [2.75, 3.05) is 13.1 Å². The minimum Gasteiger partial charge on any atom is -0.481 e. The van der Waals surface area contributed by atoms with Gasteiger partial charge >= 0.3 is 0 Å². The quantitative estimate of drug-likeness (QED) is 0.902. The number of piperidine rings is 1. The van der Waals surface area contributed by atoms with E-state index in [1.165, 1.54) is 0 Å². The lowest BCUT2D eigenvalue weighted by molar-refractivity contribution is -0.139. The van der Waals surface area contributed by atoms with Gasteiger partial charge < -0.3 is 15.4 Å². The van der Waals surface area contributed by atoms with Crippen molar-refractivity contribution in [1.29, 1.82) is 0 Å². The molecule has 1 saturated heterocycles. The van der Waals surface area contributed by atoms with Crippen LogP contribution in [-0.4, -0.2) is 36.0 Å². The van der Waals surface area contributed by atoms with Gasteiger partial charge in [0.15, 0.2) is 6.10 Å². The number of likely N-dealkylation sites (tertiary alicyclic amines) is 1. The molecule has 1 aliphatic heterocycles. The van der Waals surface area contributed by atoms with Crippen molar-refractivity contribution in [1.82, 2.24) is 4.90 Å². The highest BCUT2D eigenvalue weighted by Crippen LogP contribution is 2.16. The number of nitrogens with zero attached hydrogens (tertiary/aromatic N) is 1. The van der Waals surface area contributed by atoms with Gasteiger partial charge in [-0.15, -0.1) is 0 Å². The van der Waals surface area contributed by atoms with Crippen molar-refractivity contribution in [3.05, 3.63) is 29.8 Å². The molecule has 0 bridgehead atoms. The Kier molecular flexibility index (Phi) is 4.43. The minimum atomic E-state index is -0.466. The molecule has 0 spiro atoms. The van der Waals surface area contributed by atoms with Crippen molar-refractivity contribution < 1.29 is 9.53 Å². The fourth-order valence-corrected chi connectivity index (χ4v) is 2.41. The van der Waals surface area contributed by atoms with E-state index in [9.17, 15) is 4.79 Å². The number of hydrogen-bond acceptors (Lipinski definition) is 3. The van der Waals surface area contributed by atoms with Crippen LogP contribution in [0.3, 0.4) is 0 Å². The number of aryl methyl sites for hydroxylation is 1. The number of ether oxygens (including phenoxy) is 1. The first kappa shape index (κ1) is 13.9. The highest BCUT2D eigenvalue weighted by Gasteiger charge is 2.26. The monoisotopic (exact) mass is 262 g/mol. The first-order valence-electron chi connectivity index (χ1n) is 6.84. The first-order chi connectivity index (χ1) is 9.06. The van der Waals surface area contributed by atoms with E-state index >= 15 is 0 Å². The van der Waals surface area contributed by atoms with Crippen molar-refractivity contribution in [2.24, 2.45) is 5.73 Å². The second kappa shape index (κ2) is 6.06. The molecule has 1 fully saturated rings. The Balaban J connectivity index is 1.95. The molecule has 1 aromatic rings. The fraction of sp³-hybridized carbons (Fsp3) is 0.533. The molecule has 104 valence electrons. The number of hydrogen-bond donors (Lipinski definition) is 1. The van der Waals surface area contributed by atoms with Gasteiger partial charge in [0.1, 0.15) is 5.75 Å². The van der Waals surface area contributed by atoms with Crippen molar-refractivity contribution in [3.63, 3.8) is 0 Å². The van der Waals surface area contributed by atoms with Crippen LogP contribution in [0.4, 0.5) is 0 Å². The molecule has 4 heteroatoms. The maximum absolute atomic E-state index is 12.3. The van der Waals surface area contributed by atoms with Gasteiger partial charge in [0.25, 0.3) is 5.91 Å². The predicted molar refractivity (Wildman–Crippen MR) is 75.1 cm³/mol. The predicted octanol–water partition coefficient (Wildman–Crippen LogP) is 1.71. The number of amides is 1. The summed E-state index contributed by atoms with van der Waals surface area (Å²) < 4.78 is 5.71. The molecule has 0 saturated carbocycles. The van der Waals surface area contributed by atoms with Crippen LogP contribution < -0.4 is 10.5 Å². The Morgan fingerprint density at radius 2 is 2.32 bits per heavy atom. The summed E-state index contributed by atoms with van der Waals surface area (Å²) in [5.74, 6) is 0.763. The van der Waals surface area contributed by atoms with Crippen molar-refractivity contribution >= 4 is 5.91 Å². The third-order valence-corrected chi connectivity index (χ3v) is 3.42. The van der Waals surface area contributed by atoms with Gasteiger partial charge in [-0.3, -0.25) is 4.79 Å². The Labute approximate surface area is 114 Å². The van der Waals surface area contributed by atoms with Gasteiger partial charge in [-0.05, 0) is 44.4 Å². The van der Waals surface area contributed by atoms with Gasteiger partial charge in [0.05, 0.1) is 0 Å². The SMILES string of the molecule is Cc1cccc(O[C@H](C)C(=O)N2CCC[C@@H](N)C2)c1. The second-order valence-corrected chi connectivity index (χ2v) is 5.26. The van der Waals surface area contributed by atoms with Gasteiger partial charge in [0, 0.05) is 19.1 Å². The molecule has 1 amide bonds. The Bertz CT molecular complexity index is 448. The van der Waals surface area contributed by atoms with Crippen LogP contribution >= 0.6 is 0 Å². The zero-order chi connectivity index (χ0) is 13.8. The maximum Gasteiger partial charge on any atom is 0.263 e. The maximum atomic E-state index is 12.3. The highest BCUT2D eigenvalue weighted by molar-refractivity contribution is 5.81. The molecular weight excluding hydrogens is 240 g/mol. The lowest BCUT2D eigenvalue weighted by Gasteiger charge is -2.32. The molecular formula is C15H22N2O2. The summed E-state index contributed by atoms with van der Waals surface area (Å²) in [6.07, 6.45) is 1.51. The molecule has 19 heavy (non-hydrogen) atoms. The number of carbonyl (C=O) groups excluding carboxylic acids is 1. The van der Waals surface area contributed by atoms with Crippen LogP contribution in [0.5, 0.6) is 5.75 Å². The number of rotatable bonds is 3. The topological polar surface area (TPSA) is 55.6 Å². The highest BCUT2D eigenvalue weighted by atomic mass is 16.5. The minimum absolute atomic E-state index is 0.0247. The summed E-state index contributed by atoms with van der Waals surface area (Å²) in [5, 5.41) is 0. The standard InChI is InChI=1S/C15H22N2O2/c1-11-5-3-7-14(9-11)19-12(2)15(18)17-8-4-6-13(16)10-17/h3,5,7,9,12-13H,4,6,8,10,16H2,1-2H3/t12-,13-/m1/s1. The largest absolute Gasteiger partial charge is 0.481 e. The summed E-state index contributed by atoms with van der Waals surface area (Å²) in [5.41, 5.74) is 7.02. The first-order valence-corrected chi connectivity index (χ1v) is 6.84. The molecule has 0 aromatic heterocycles. The van der Waals surface area contributed by atoms with Gasteiger partial charge in [0.2, 0.25) is 0 Å². The molecule has 1 aliphatic rings. The zero-order valence-corrected chi connectivity index (χ0v) is 11.6. The van der Waals surface area contributed by atoms with E-state index in [0.29, 0.717) is 6.54 Å². The summed E-state index contributed by atoms with van der Waals surface area (Å²) in [6, 6.07) is 7.84. The molecule has 1 heterocycles. The van der Waals surface area contributed by atoms with E-state index in [2.05, 4.69) is 0 Å². The molecule has 0 unspecified atom stereocenters. The molecule has 4 nitrogen and oxygen atoms in total. The zero-order valence-electron chi connectivity index (χ0n) is 11.6. The van der Waals surface area contributed by atoms with E-state index in [0.717, 1.165) is 30.7 Å². The Morgan fingerprint density at radius 1 is 1.53 bits per heavy atom. The molecule has 0 aliphatic carbocycles. The smallest absolute Gasteiger partial charge is 0.263 e. The molecule has 1 aromatic carbocycles. The third-order valence-electron chi connectivity index (χ3n) is 3.42. The van der Waals surface area contributed by atoms with Crippen LogP contribution in [0.1, 0.15) is 25.3 Å². The Hall–Kier alpha value is -1.55. The lowest BCUT2D eigenvalue weighted by atomic mass is 10.1. The van der Waals surface area contributed by atoms with E-state index in [-0.39, 0.29) is 11.9 Å². The summed E-state index contributed by atoms with van der Waals surface area (Å²) >= 11 is 0. The van der Waals surface area contributed by atoms with E-state index in [4.69, 9.17) is 10.5 Å². The lowest BCUT2D eigenvalue weighted by Crippen LogP contribution is -2.49. The van der Waals surface area contributed by atoms with E-state index in [1.807, 2.05) is 36.1 Å². The van der Waals surface area contributed by atoms with Crippen LogP contribution in [-0.2, 0) is 4.79 Å². The average molecular weight is 262 g/mol. The Morgan fingerprint density at radius 3 is 3.00 bits per heavy atom. The van der Waals surface area contributed by atoms with E-state index in [1.54, 1.807) is 6.92 Å². The summed E-state index contributed by atoms with van der Waals surface area (Å²) in [7, 11) is 0. The second-order valence-electron chi connectivity index (χ2n) is 5.26. The van der Waals surface area contributed by atoms with Crippen LogP contribution in [0.15, 0.2) is 24.3 Å². The average Bonchev–Trinajstić information content (AvgIpc) is 2.38. The molecule has 2 atom stereocenters. The summed E-state index contributed by atoms with van der Waals surface area (Å²) in [6.45, 7) is 5.22. The number of carbonyl (C=O) groups is 1. The normalized spacial score (nSPS) is 21.0. The van der Waals surface area contributed by atoms with Crippen molar-refractivity contribution in [2.45, 2.75) is 38.8 Å². The van der Waals surface area contributed by atoms with E-state index < -0.39 is 6.10 Å². The van der Waals surface area contributed by atoms with Gasteiger partial charge in [-0.1, -0.05) is 12.1 Å². The van der Waals surface area contributed by atoms with Crippen LogP contribution in [0.2, 0.25) is 0 Å². The number of nitrogens with two attached hydrogens (primary N) is 1. The van der Waals surface area contributed by atoms with Gasteiger partial charge in [-0.2, -0.15) is 0 Å². The molecule has 2 N–H and O–H groups in total. The summed E-state index contributed by atoms with van der Waals surface area (Å²) in [4.78, 5) is 14.1. The van der Waals surface area contributed by atoms with Crippen LogP contribution in [0.25, 0.3) is 0 Å². The number of benzene rings is 1. The molecule has 2 rings (SSSR count). The van der Waals surface area contributed by atoms with Crippen molar-refractivity contribution in [3.8, 4) is 5.75 Å². The van der Waals surface area contributed by atoms with Crippen LogP contribution in [0, 0.1) is 6.92 Å². The fourth-order valence-electron chi connectivity index (χ4n) is 2.41. The van der Waals surface area contributed by atoms with Gasteiger partial charge in [-0.25, -0.2) is 0 Å². The third kappa shape index (κ3) is 3.70.